The van der Waals surface area contributed by atoms with Crippen LogP contribution in [-0.2, 0) is 20.6 Å². The molecule has 1 saturated carbocycles. The Balaban J connectivity index is 1.83. The first kappa shape index (κ1) is 16.9. The van der Waals surface area contributed by atoms with E-state index in [0.717, 1.165) is 18.7 Å². The summed E-state index contributed by atoms with van der Waals surface area (Å²) in [6.07, 6.45) is -2.32. The minimum absolute atomic E-state index is 0.00578. The van der Waals surface area contributed by atoms with E-state index in [1.54, 1.807) is 32.6 Å². The Labute approximate surface area is 138 Å². The molecule has 0 spiro atoms. The van der Waals surface area contributed by atoms with Crippen molar-refractivity contribution in [2.45, 2.75) is 51.4 Å². The molecule has 0 saturated heterocycles. The highest BCUT2D eigenvalue weighted by atomic mass is 19.4. The maximum atomic E-state index is 13.6. The Morgan fingerprint density at radius 2 is 1.83 bits per heavy atom. The first-order valence-electron chi connectivity index (χ1n) is 7.88. The Morgan fingerprint density at radius 3 is 2.33 bits per heavy atom. The molecule has 2 heterocycles. The van der Waals surface area contributed by atoms with E-state index in [4.69, 9.17) is 0 Å². The summed E-state index contributed by atoms with van der Waals surface area (Å²) in [5, 5.41) is 11.0. The van der Waals surface area contributed by atoms with Gasteiger partial charge < -0.3 is 0 Å². The van der Waals surface area contributed by atoms with Gasteiger partial charge in [0.1, 0.15) is 11.9 Å². The molecule has 6 nitrogen and oxygen atoms in total. The second-order valence-corrected chi connectivity index (χ2v) is 6.35. The second-order valence-electron chi connectivity index (χ2n) is 6.35. The summed E-state index contributed by atoms with van der Waals surface area (Å²) >= 11 is 0. The van der Waals surface area contributed by atoms with Gasteiger partial charge in [-0.25, -0.2) is 4.98 Å². The molecule has 1 aliphatic rings. The third-order valence-corrected chi connectivity index (χ3v) is 4.46. The van der Waals surface area contributed by atoms with Gasteiger partial charge in [0.2, 0.25) is 0 Å². The molecule has 1 N–H and O–H groups in total. The topological polar surface area (TPSA) is 60.6 Å². The van der Waals surface area contributed by atoms with Crippen LogP contribution in [0.4, 0.5) is 13.2 Å². The van der Waals surface area contributed by atoms with E-state index in [2.05, 4.69) is 20.5 Å². The van der Waals surface area contributed by atoms with Crippen molar-refractivity contribution < 1.29 is 13.2 Å². The number of rotatable bonds is 5. The van der Waals surface area contributed by atoms with E-state index in [9.17, 15) is 13.2 Å². The SMILES string of the molecule is Cc1nn(C)c(C)c1C(NCc1nc(C2CC2)nn1C)C(F)(F)F. The first-order chi connectivity index (χ1) is 11.2. The van der Waals surface area contributed by atoms with Gasteiger partial charge in [-0.1, -0.05) is 0 Å². The Kier molecular flexibility index (Phi) is 4.15. The molecule has 3 rings (SSSR count). The summed E-state index contributed by atoms with van der Waals surface area (Å²) in [6, 6.07) is -1.78. The van der Waals surface area contributed by atoms with Crippen LogP contribution in [0, 0.1) is 13.8 Å². The van der Waals surface area contributed by atoms with E-state index in [1.165, 1.54) is 4.68 Å². The van der Waals surface area contributed by atoms with E-state index < -0.39 is 12.2 Å². The van der Waals surface area contributed by atoms with Crippen LogP contribution in [0.15, 0.2) is 0 Å². The average molecular weight is 342 g/mol. The van der Waals surface area contributed by atoms with Gasteiger partial charge >= 0.3 is 6.18 Å². The fourth-order valence-electron chi connectivity index (χ4n) is 2.89. The fourth-order valence-corrected chi connectivity index (χ4v) is 2.89. The maximum Gasteiger partial charge on any atom is 0.408 e. The van der Waals surface area contributed by atoms with E-state index in [0.29, 0.717) is 23.1 Å². The largest absolute Gasteiger partial charge is 0.408 e. The number of alkyl halides is 3. The van der Waals surface area contributed by atoms with Gasteiger partial charge in [0.05, 0.1) is 12.2 Å². The molecule has 0 amide bonds. The van der Waals surface area contributed by atoms with Crippen LogP contribution < -0.4 is 5.32 Å². The van der Waals surface area contributed by atoms with Gasteiger partial charge in [-0.2, -0.15) is 23.4 Å². The van der Waals surface area contributed by atoms with E-state index >= 15 is 0 Å². The van der Waals surface area contributed by atoms with Crippen LogP contribution in [0.5, 0.6) is 0 Å². The average Bonchev–Trinajstić information content (AvgIpc) is 3.21. The van der Waals surface area contributed by atoms with Gasteiger partial charge in [0, 0.05) is 31.3 Å². The molecule has 0 bridgehead atoms. The quantitative estimate of drug-likeness (QED) is 0.907. The zero-order chi connectivity index (χ0) is 17.6. The highest BCUT2D eigenvalue weighted by Crippen LogP contribution is 2.38. The number of hydrogen-bond donors (Lipinski definition) is 1. The molecule has 2 aromatic rings. The lowest BCUT2D eigenvalue weighted by Crippen LogP contribution is -2.35. The maximum absolute atomic E-state index is 13.6. The molecular weight excluding hydrogens is 321 g/mol. The molecule has 2 aromatic heterocycles. The van der Waals surface area contributed by atoms with Crippen molar-refractivity contribution in [1.29, 1.82) is 0 Å². The number of nitrogens with zero attached hydrogens (tertiary/aromatic N) is 5. The van der Waals surface area contributed by atoms with Crippen molar-refractivity contribution in [2.24, 2.45) is 14.1 Å². The highest BCUT2D eigenvalue weighted by Gasteiger charge is 2.43. The molecule has 132 valence electrons. The van der Waals surface area contributed by atoms with E-state index in [-0.39, 0.29) is 12.1 Å². The molecule has 1 unspecified atom stereocenters. The highest BCUT2D eigenvalue weighted by molar-refractivity contribution is 5.29. The van der Waals surface area contributed by atoms with Crippen molar-refractivity contribution in [2.75, 3.05) is 0 Å². The lowest BCUT2D eigenvalue weighted by atomic mass is 10.0. The molecule has 1 atom stereocenters. The van der Waals surface area contributed by atoms with Crippen molar-refractivity contribution in [3.63, 3.8) is 0 Å². The van der Waals surface area contributed by atoms with Gasteiger partial charge in [-0.05, 0) is 26.7 Å². The molecule has 24 heavy (non-hydrogen) atoms. The normalized spacial score (nSPS) is 16.6. The minimum atomic E-state index is -4.42. The number of aryl methyl sites for hydroxylation is 3. The van der Waals surface area contributed by atoms with Crippen molar-refractivity contribution >= 4 is 0 Å². The van der Waals surface area contributed by atoms with Gasteiger partial charge in [0.25, 0.3) is 0 Å². The van der Waals surface area contributed by atoms with Crippen LogP contribution in [-0.4, -0.2) is 30.7 Å². The summed E-state index contributed by atoms with van der Waals surface area (Å²) in [5.41, 5.74) is 1.05. The summed E-state index contributed by atoms with van der Waals surface area (Å²) in [4.78, 5) is 4.37. The van der Waals surface area contributed by atoms with Crippen LogP contribution in [0.1, 0.15) is 53.4 Å². The van der Waals surface area contributed by atoms with Crippen molar-refractivity contribution in [3.05, 3.63) is 28.6 Å². The predicted molar refractivity (Wildman–Crippen MR) is 81.3 cm³/mol. The molecule has 9 heteroatoms. The Morgan fingerprint density at radius 1 is 1.17 bits per heavy atom. The van der Waals surface area contributed by atoms with Crippen molar-refractivity contribution in [3.8, 4) is 0 Å². The number of aromatic nitrogens is 5. The molecule has 1 aliphatic carbocycles. The van der Waals surface area contributed by atoms with Crippen molar-refractivity contribution in [1.82, 2.24) is 29.9 Å². The summed E-state index contributed by atoms with van der Waals surface area (Å²) < 4.78 is 43.8. The first-order valence-corrected chi connectivity index (χ1v) is 7.88. The second kappa shape index (κ2) is 5.87. The molecule has 0 aromatic carbocycles. The monoisotopic (exact) mass is 342 g/mol. The fraction of sp³-hybridized carbons (Fsp3) is 0.667. The molecule has 0 radical (unpaired) electrons. The Hall–Kier alpha value is -1.90. The van der Waals surface area contributed by atoms with Crippen LogP contribution in [0.2, 0.25) is 0 Å². The lowest BCUT2D eigenvalue weighted by molar-refractivity contribution is -0.158. The molecule has 0 aliphatic heterocycles. The van der Waals surface area contributed by atoms with Gasteiger partial charge in [-0.15, -0.1) is 0 Å². The molecular formula is C15H21F3N6. The van der Waals surface area contributed by atoms with Crippen LogP contribution in [0.3, 0.4) is 0 Å². The zero-order valence-corrected chi connectivity index (χ0v) is 14.1. The van der Waals surface area contributed by atoms with Crippen LogP contribution in [0.25, 0.3) is 0 Å². The number of nitrogens with one attached hydrogen (secondary N) is 1. The minimum Gasteiger partial charge on any atom is -0.295 e. The standard InChI is InChI=1S/C15H21F3N6/c1-8-12(9(2)23(3)21-8)13(15(16,17)18)19-7-11-20-14(10-5-6-10)22-24(11)4/h10,13,19H,5-7H2,1-4H3. The van der Waals surface area contributed by atoms with Gasteiger partial charge in [-0.3, -0.25) is 14.7 Å². The zero-order valence-electron chi connectivity index (χ0n) is 14.1. The van der Waals surface area contributed by atoms with E-state index in [1.807, 2.05) is 0 Å². The Bertz CT molecular complexity index is 741. The van der Waals surface area contributed by atoms with Gasteiger partial charge in [0.15, 0.2) is 5.82 Å². The summed E-state index contributed by atoms with van der Waals surface area (Å²) in [6.45, 7) is 3.23. The lowest BCUT2D eigenvalue weighted by Gasteiger charge is -2.22. The third-order valence-electron chi connectivity index (χ3n) is 4.46. The number of hydrogen-bond acceptors (Lipinski definition) is 4. The van der Waals surface area contributed by atoms with Crippen LogP contribution >= 0.6 is 0 Å². The summed E-state index contributed by atoms with van der Waals surface area (Å²) in [7, 11) is 3.35. The number of halogens is 3. The summed E-state index contributed by atoms with van der Waals surface area (Å²) in [5.74, 6) is 1.60. The third kappa shape index (κ3) is 3.17. The smallest absolute Gasteiger partial charge is 0.295 e. The molecule has 1 fully saturated rings. The predicted octanol–water partition coefficient (Wildman–Crippen LogP) is 2.44.